The zero-order valence-electron chi connectivity index (χ0n) is 18.0. The second-order valence-corrected chi connectivity index (χ2v) is 7.84. The van der Waals surface area contributed by atoms with Crippen LogP contribution in [0.3, 0.4) is 0 Å². The van der Waals surface area contributed by atoms with Crippen molar-refractivity contribution in [3.8, 4) is 0 Å². The molecule has 0 aliphatic rings. The van der Waals surface area contributed by atoms with Crippen molar-refractivity contribution in [1.29, 1.82) is 0 Å². The Kier molecular flexibility index (Phi) is 5.88. The third-order valence-corrected chi connectivity index (χ3v) is 5.67. The van der Waals surface area contributed by atoms with Gasteiger partial charge in [-0.25, -0.2) is 4.79 Å². The van der Waals surface area contributed by atoms with Crippen molar-refractivity contribution < 1.29 is 14.4 Å². The summed E-state index contributed by atoms with van der Waals surface area (Å²) in [6, 6.07) is 21.7. The molecular weight excluding hydrogens is 404 g/mol. The van der Waals surface area contributed by atoms with Crippen molar-refractivity contribution in [2.75, 3.05) is 5.32 Å². The van der Waals surface area contributed by atoms with Gasteiger partial charge in [-0.3, -0.25) is 4.79 Å². The Balaban J connectivity index is 1.72. The summed E-state index contributed by atoms with van der Waals surface area (Å²) < 4.78 is 4.76. The zero-order chi connectivity index (χ0) is 22.7. The minimum Gasteiger partial charge on any atom is -0.375 e. The van der Waals surface area contributed by atoms with E-state index >= 15 is 0 Å². The van der Waals surface area contributed by atoms with Gasteiger partial charge in [-0.2, -0.15) is 0 Å². The fourth-order valence-electron chi connectivity index (χ4n) is 3.76. The van der Waals surface area contributed by atoms with E-state index in [0.29, 0.717) is 27.7 Å². The molecule has 6 heteroatoms. The molecule has 0 saturated heterocycles. The first-order chi connectivity index (χ1) is 15.4. The molecule has 0 radical (unpaired) electrons. The molecule has 32 heavy (non-hydrogen) atoms. The topological polar surface area (TPSA) is 92.4 Å². The number of aryl methyl sites for hydroxylation is 2. The lowest BCUT2D eigenvalue weighted by atomic mass is 9.85. The molecule has 0 fully saturated rings. The van der Waals surface area contributed by atoms with Gasteiger partial charge in [0.25, 0.3) is 5.91 Å². The fourth-order valence-corrected chi connectivity index (χ4v) is 3.76. The number of nitrogens with zero attached hydrogens (tertiary/aromatic N) is 1. The number of anilines is 1. The van der Waals surface area contributed by atoms with Crippen LogP contribution in [-0.2, 0) is 23.2 Å². The van der Waals surface area contributed by atoms with Gasteiger partial charge >= 0.3 is 5.63 Å². The molecule has 0 aliphatic carbocycles. The molecule has 1 atom stereocenters. The van der Waals surface area contributed by atoms with Crippen LogP contribution in [0.1, 0.15) is 29.3 Å². The summed E-state index contributed by atoms with van der Waals surface area (Å²) in [6.07, 6.45) is 0.977. The number of hydrogen-bond acceptors (Lipinski definition) is 5. The second-order valence-electron chi connectivity index (χ2n) is 7.84. The van der Waals surface area contributed by atoms with Crippen LogP contribution in [0.25, 0.3) is 10.8 Å². The molecule has 162 valence electrons. The number of benzene rings is 3. The molecule has 4 rings (SSSR count). The minimum atomic E-state index is -1.79. The molecule has 6 nitrogen and oxygen atoms in total. The van der Waals surface area contributed by atoms with Crippen LogP contribution in [0, 0.1) is 6.92 Å². The van der Waals surface area contributed by atoms with Crippen molar-refractivity contribution >= 4 is 22.4 Å². The first-order valence-corrected chi connectivity index (χ1v) is 10.5. The van der Waals surface area contributed by atoms with Gasteiger partial charge < -0.3 is 14.9 Å². The maximum atomic E-state index is 13.4. The largest absolute Gasteiger partial charge is 0.375 e. The summed E-state index contributed by atoms with van der Waals surface area (Å²) in [7, 11) is 0. The maximum Gasteiger partial charge on any atom is 0.366 e. The van der Waals surface area contributed by atoms with Crippen LogP contribution >= 0.6 is 0 Å². The van der Waals surface area contributed by atoms with Crippen LogP contribution in [0.15, 0.2) is 82.1 Å². The number of carbonyl (C=O) groups excluding carboxylic acids is 1. The molecular formula is C26H24N2O4. The van der Waals surface area contributed by atoms with Crippen molar-refractivity contribution in [2.24, 2.45) is 0 Å². The van der Waals surface area contributed by atoms with Crippen LogP contribution in [0.2, 0.25) is 0 Å². The Morgan fingerprint density at radius 1 is 1.00 bits per heavy atom. The number of hydrogen-bond donors (Lipinski definition) is 2. The van der Waals surface area contributed by atoms with E-state index in [4.69, 9.17) is 4.52 Å². The van der Waals surface area contributed by atoms with Gasteiger partial charge in [0.2, 0.25) is 0 Å². The lowest BCUT2D eigenvalue weighted by molar-refractivity contribution is -0.135. The molecule has 0 bridgehead atoms. The monoisotopic (exact) mass is 428 g/mol. The Bertz CT molecular complexity index is 1310. The van der Waals surface area contributed by atoms with Gasteiger partial charge in [0.1, 0.15) is 0 Å². The van der Waals surface area contributed by atoms with Gasteiger partial charge in [0, 0.05) is 17.5 Å². The smallest absolute Gasteiger partial charge is 0.366 e. The molecule has 0 spiro atoms. The minimum absolute atomic E-state index is 0.114. The van der Waals surface area contributed by atoms with E-state index in [9.17, 15) is 14.7 Å². The summed E-state index contributed by atoms with van der Waals surface area (Å²) in [5.41, 5.74) is 1.12. The SMILES string of the molecule is CCc1ccc(C(O)(Cc2ccccc2)C(=O)Nc2ccc3c(=O)onc(C)c3c2)cc1. The number of aromatic nitrogens is 1. The fraction of sp³-hybridized carbons (Fsp3) is 0.192. The van der Waals surface area contributed by atoms with Crippen molar-refractivity contribution in [3.63, 3.8) is 0 Å². The van der Waals surface area contributed by atoms with E-state index in [0.717, 1.165) is 17.5 Å². The molecule has 0 saturated carbocycles. The third-order valence-electron chi connectivity index (χ3n) is 5.67. The highest BCUT2D eigenvalue weighted by atomic mass is 16.5. The van der Waals surface area contributed by atoms with Crippen LogP contribution in [0.5, 0.6) is 0 Å². The van der Waals surface area contributed by atoms with Crippen LogP contribution < -0.4 is 10.9 Å². The predicted molar refractivity (Wildman–Crippen MR) is 124 cm³/mol. The Morgan fingerprint density at radius 3 is 2.41 bits per heavy atom. The molecule has 3 aromatic carbocycles. The highest BCUT2D eigenvalue weighted by Crippen LogP contribution is 2.29. The standard InChI is InChI=1S/C26H24N2O4/c1-3-18-9-11-20(12-10-18)26(31,16-19-7-5-4-6-8-19)25(30)27-21-13-14-22-23(15-21)17(2)28-32-24(22)29/h4-15,31H,3,16H2,1-2H3,(H,27,30). The van der Waals surface area contributed by atoms with Gasteiger partial charge in [-0.15, -0.1) is 0 Å². The number of rotatable bonds is 6. The summed E-state index contributed by atoms with van der Waals surface area (Å²) in [5.74, 6) is -0.557. The van der Waals surface area contributed by atoms with Gasteiger partial charge in [-0.05, 0) is 48.2 Å². The van der Waals surface area contributed by atoms with Crippen LogP contribution in [-0.4, -0.2) is 16.2 Å². The number of nitrogens with one attached hydrogen (secondary N) is 1. The Morgan fingerprint density at radius 2 is 1.72 bits per heavy atom. The van der Waals surface area contributed by atoms with Gasteiger partial charge in [-0.1, -0.05) is 66.7 Å². The molecule has 1 aromatic heterocycles. The molecule has 0 aliphatic heterocycles. The average molecular weight is 428 g/mol. The number of carbonyl (C=O) groups is 1. The third kappa shape index (κ3) is 4.18. The number of aliphatic hydroxyl groups is 1. The quantitative estimate of drug-likeness (QED) is 0.482. The highest BCUT2D eigenvalue weighted by Gasteiger charge is 2.38. The zero-order valence-corrected chi connectivity index (χ0v) is 18.0. The van der Waals surface area contributed by atoms with E-state index < -0.39 is 17.1 Å². The summed E-state index contributed by atoms with van der Waals surface area (Å²) in [5, 5.41) is 19.2. The normalized spacial score (nSPS) is 13.0. The van der Waals surface area contributed by atoms with E-state index in [2.05, 4.69) is 17.4 Å². The molecule has 1 amide bonds. The highest BCUT2D eigenvalue weighted by molar-refractivity contribution is 6.00. The number of amides is 1. The van der Waals surface area contributed by atoms with E-state index in [1.54, 1.807) is 37.3 Å². The van der Waals surface area contributed by atoms with Gasteiger partial charge in [0.05, 0.1) is 11.1 Å². The van der Waals surface area contributed by atoms with Crippen molar-refractivity contribution in [3.05, 3.63) is 106 Å². The summed E-state index contributed by atoms with van der Waals surface area (Å²) in [4.78, 5) is 25.3. The second kappa shape index (κ2) is 8.77. The summed E-state index contributed by atoms with van der Waals surface area (Å²) in [6.45, 7) is 3.77. The first-order valence-electron chi connectivity index (χ1n) is 10.5. The van der Waals surface area contributed by atoms with Gasteiger partial charge in [0.15, 0.2) is 5.60 Å². The average Bonchev–Trinajstić information content (AvgIpc) is 2.82. The lowest BCUT2D eigenvalue weighted by Gasteiger charge is -2.28. The van der Waals surface area contributed by atoms with E-state index in [1.807, 2.05) is 42.5 Å². The predicted octanol–water partition coefficient (Wildman–Crippen LogP) is 4.13. The summed E-state index contributed by atoms with van der Waals surface area (Å²) >= 11 is 0. The molecule has 4 aromatic rings. The maximum absolute atomic E-state index is 13.4. The molecule has 1 unspecified atom stereocenters. The Hall–Kier alpha value is -3.77. The lowest BCUT2D eigenvalue weighted by Crippen LogP contribution is -2.42. The Labute approximate surface area is 185 Å². The van der Waals surface area contributed by atoms with Crippen molar-refractivity contribution in [2.45, 2.75) is 32.3 Å². The first kappa shape index (κ1) is 21.5. The number of fused-ring (bicyclic) bond motifs is 1. The van der Waals surface area contributed by atoms with Crippen molar-refractivity contribution in [1.82, 2.24) is 5.16 Å². The van der Waals surface area contributed by atoms with E-state index in [1.165, 1.54) is 0 Å². The van der Waals surface area contributed by atoms with Crippen LogP contribution in [0.4, 0.5) is 5.69 Å². The van der Waals surface area contributed by atoms with E-state index in [-0.39, 0.29) is 6.42 Å². The molecule has 1 heterocycles. The molecule has 2 N–H and O–H groups in total.